The molecule has 4 heteroatoms. The molecule has 0 bridgehead atoms. The van der Waals surface area contributed by atoms with Crippen molar-refractivity contribution in [2.45, 2.75) is 20.3 Å². The number of carbonyl (C=O) groups is 1. The fourth-order valence-corrected chi connectivity index (χ4v) is 1.22. The summed E-state index contributed by atoms with van der Waals surface area (Å²) in [7, 11) is 0. The summed E-state index contributed by atoms with van der Waals surface area (Å²) in [5.41, 5.74) is 0.174. The lowest BCUT2D eigenvalue weighted by Gasteiger charge is -2.06. The number of ketones is 1. The van der Waals surface area contributed by atoms with E-state index in [0.717, 1.165) is 6.07 Å². The largest absolute Gasteiger partial charge is 0.300 e. The fourth-order valence-electron chi connectivity index (χ4n) is 1.22. The number of benzene rings is 1. The minimum Gasteiger partial charge on any atom is -0.300 e. The lowest BCUT2D eigenvalue weighted by atomic mass is 10.0. The van der Waals surface area contributed by atoms with E-state index in [0.29, 0.717) is 0 Å². The van der Waals surface area contributed by atoms with Gasteiger partial charge in [0, 0.05) is 12.0 Å². The van der Waals surface area contributed by atoms with Crippen LogP contribution >= 0.6 is 0 Å². The van der Waals surface area contributed by atoms with E-state index < -0.39 is 17.5 Å². The number of rotatable bonds is 2. The van der Waals surface area contributed by atoms with Crippen LogP contribution in [-0.2, 0) is 11.2 Å². The number of hydrogen-bond acceptors (Lipinski definition) is 1. The Bertz CT molecular complexity index is 385. The molecule has 0 N–H and O–H groups in total. The van der Waals surface area contributed by atoms with Gasteiger partial charge in [0.05, 0.1) is 0 Å². The van der Waals surface area contributed by atoms with E-state index in [1.165, 1.54) is 13.8 Å². The van der Waals surface area contributed by atoms with E-state index in [2.05, 4.69) is 0 Å². The van der Waals surface area contributed by atoms with Gasteiger partial charge in [-0.1, -0.05) is 0 Å². The second-order valence-electron chi connectivity index (χ2n) is 3.16. The molecule has 0 saturated carbocycles. The van der Waals surface area contributed by atoms with E-state index in [4.69, 9.17) is 0 Å². The van der Waals surface area contributed by atoms with Crippen LogP contribution in [0.4, 0.5) is 13.2 Å². The van der Waals surface area contributed by atoms with Crippen LogP contribution in [0.2, 0.25) is 0 Å². The zero-order valence-corrected chi connectivity index (χ0v) is 7.83. The second kappa shape index (κ2) is 3.82. The zero-order chi connectivity index (χ0) is 10.9. The minimum atomic E-state index is -1.52. The quantitative estimate of drug-likeness (QED) is 0.673. The SMILES string of the molecule is CC(=O)Cc1c(C)cc(F)c(F)c1F. The smallest absolute Gasteiger partial charge is 0.194 e. The Morgan fingerprint density at radius 3 is 2.36 bits per heavy atom. The number of aryl methyl sites for hydroxylation is 1. The summed E-state index contributed by atoms with van der Waals surface area (Å²) in [5, 5.41) is 0. The predicted octanol–water partition coefficient (Wildman–Crippen LogP) is 2.54. The van der Waals surface area contributed by atoms with Crippen molar-refractivity contribution in [2.24, 2.45) is 0 Å². The van der Waals surface area contributed by atoms with Gasteiger partial charge in [-0.05, 0) is 25.5 Å². The molecule has 0 spiro atoms. The molecule has 0 radical (unpaired) electrons. The summed E-state index contributed by atoms with van der Waals surface area (Å²) in [6.45, 7) is 2.70. The molecular formula is C10H9F3O. The maximum absolute atomic E-state index is 13.1. The fraction of sp³-hybridized carbons (Fsp3) is 0.300. The summed E-state index contributed by atoms with van der Waals surface area (Å²) < 4.78 is 38.5. The molecule has 1 aromatic carbocycles. The number of carbonyl (C=O) groups excluding carboxylic acids is 1. The van der Waals surface area contributed by atoms with Gasteiger partial charge in [0.15, 0.2) is 17.5 Å². The maximum atomic E-state index is 13.1. The Balaban J connectivity index is 3.29. The van der Waals surface area contributed by atoms with E-state index >= 15 is 0 Å². The first-order chi connectivity index (χ1) is 6.43. The van der Waals surface area contributed by atoms with E-state index in [9.17, 15) is 18.0 Å². The van der Waals surface area contributed by atoms with Crippen molar-refractivity contribution in [1.82, 2.24) is 0 Å². The zero-order valence-electron chi connectivity index (χ0n) is 7.83. The van der Waals surface area contributed by atoms with E-state index in [1.54, 1.807) is 0 Å². The molecular weight excluding hydrogens is 193 g/mol. The first-order valence-electron chi connectivity index (χ1n) is 4.06. The Morgan fingerprint density at radius 2 is 1.86 bits per heavy atom. The summed E-state index contributed by atoms with van der Waals surface area (Å²) in [4.78, 5) is 10.7. The van der Waals surface area contributed by atoms with Crippen LogP contribution in [0.1, 0.15) is 18.1 Å². The summed E-state index contributed by atoms with van der Waals surface area (Å²) in [5.74, 6) is -4.31. The molecule has 0 aromatic heterocycles. The molecule has 0 atom stereocenters. The molecule has 0 aliphatic rings. The van der Waals surface area contributed by atoms with Crippen molar-refractivity contribution in [1.29, 1.82) is 0 Å². The molecule has 14 heavy (non-hydrogen) atoms. The van der Waals surface area contributed by atoms with Crippen molar-refractivity contribution in [3.8, 4) is 0 Å². The van der Waals surface area contributed by atoms with Gasteiger partial charge < -0.3 is 0 Å². The third-order valence-corrected chi connectivity index (χ3v) is 1.91. The Kier molecular flexibility index (Phi) is 2.93. The molecule has 0 aliphatic carbocycles. The second-order valence-corrected chi connectivity index (χ2v) is 3.16. The normalized spacial score (nSPS) is 10.4. The van der Waals surface area contributed by atoms with Crippen LogP contribution in [0, 0.1) is 24.4 Å². The standard InChI is InChI=1S/C10H9F3O/c1-5-3-8(11)10(13)9(12)7(5)4-6(2)14/h3H,4H2,1-2H3. The summed E-state index contributed by atoms with van der Waals surface area (Å²) in [6.07, 6.45) is -0.213. The lowest BCUT2D eigenvalue weighted by molar-refractivity contribution is -0.116. The van der Waals surface area contributed by atoms with Gasteiger partial charge in [0.1, 0.15) is 5.78 Å². The Labute approximate surface area is 79.5 Å². The number of halogens is 3. The van der Waals surface area contributed by atoms with Crippen LogP contribution in [0.25, 0.3) is 0 Å². The van der Waals surface area contributed by atoms with E-state index in [-0.39, 0.29) is 23.3 Å². The highest BCUT2D eigenvalue weighted by Gasteiger charge is 2.17. The molecule has 76 valence electrons. The number of hydrogen-bond donors (Lipinski definition) is 0. The topological polar surface area (TPSA) is 17.1 Å². The first-order valence-corrected chi connectivity index (χ1v) is 4.06. The predicted molar refractivity (Wildman–Crippen MR) is 45.4 cm³/mol. The molecule has 0 fully saturated rings. The van der Waals surface area contributed by atoms with Gasteiger partial charge in [-0.25, -0.2) is 13.2 Å². The highest BCUT2D eigenvalue weighted by molar-refractivity contribution is 5.78. The molecule has 0 heterocycles. The van der Waals surface area contributed by atoms with Gasteiger partial charge in [-0.2, -0.15) is 0 Å². The van der Waals surface area contributed by atoms with Crippen molar-refractivity contribution < 1.29 is 18.0 Å². The van der Waals surface area contributed by atoms with Gasteiger partial charge >= 0.3 is 0 Å². The molecule has 0 saturated heterocycles. The van der Waals surface area contributed by atoms with E-state index in [1.807, 2.05) is 0 Å². The van der Waals surface area contributed by atoms with Crippen molar-refractivity contribution in [3.05, 3.63) is 34.6 Å². The van der Waals surface area contributed by atoms with Crippen LogP contribution in [-0.4, -0.2) is 5.78 Å². The average Bonchev–Trinajstić information content (AvgIpc) is 2.09. The first kappa shape index (κ1) is 10.8. The van der Waals surface area contributed by atoms with Crippen molar-refractivity contribution in [2.75, 3.05) is 0 Å². The van der Waals surface area contributed by atoms with Crippen molar-refractivity contribution in [3.63, 3.8) is 0 Å². The van der Waals surface area contributed by atoms with Crippen molar-refractivity contribution >= 4 is 5.78 Å². The molecule has 1 rings (SSSR count). The molecule has 0 aliphatic heterocycles. The summed E-state index contributed by atoms with van der Waals surface area (Å²) in [6, 6.07) is 0.886. The van der Waals surface area contributed by atoms with Crippen LogP contribution < -0.4 is 0 Å². The highest BCUT2D eigenvalue weighted by Crippen LogP contribution is 2.20. The Morgan fingerprint density at radius 1 is 1.29 bits per heavy atom. The van der Waals surface area contributed by atoms with Gasteiger partial charge in [0.2, 0.25) is 0 Å². The molecule has 0 unspecified atom stereocenters. The highest BCUT2D eigenvalue weighted by atomic mass is 19.2. The minimum absolute atomic E-state index is 0.0728. The lowest BCUT2D eigenvalue weighted by Crippen LogP contribution is -2.06. The molecule has 0 amide bonds. The number of Topliss-reactive ketones (excluding diaryl/α,β-unsaturated/α-hetero) is 1. The molecule has 1 aromatic rings. The van der Waals surface area contributed by atoms with Crippen LogP contribution in [0.15, 0.2) is 6.07 Å². The Hall–Kier alpha value is -1.32. The monoisotopic (exact) mass is 202 g/mol. The third kappa shape index (κ3) is 1.95. The van der Waals surface area contributed by atoms with Gasteiger partial charge in [-0.3, -0.25) is 4.79 Å². The average molecular weight is 202 g/mol. The van der Waals surface area contributed by atoms with Crippen LogP contribution in [0.3, 0.4) is 0 Å². The van der Waals surface area contributed by atoms with Gasteiger partial charge in [-0.15, -0.1) is 0 Å². The maximum Gasteiger partial charge on any atom is 0.194 e. The third-order valence-electron chi connectivity index (χ3n) is 1.91. The molecule has 1 nitrogen and oxygen atoms in total. The van der Waals surface area contributed by atoms with Gasteiger partial charge in [0.25, 0.3) is 0 Å². The summed E-state index contributed by atoms with van der Waals surface area (Å²) >= 11 is 0. The van der Waals surface area contributed by atoms with Crippen LogP contribution in [0.5, 0.6) is 0 Å².